The van der Waals surface area contributed by atoms with Crippen molar-refractivity contribution in [3.63, 3.8) is 0 Å². The van der Waals surface area contributed by atoms with Gasteiger partial charge in [-0.2, -0.15) is 0 Å². The fraction of sp³-hybridized carbons (Fsp3) is 0.917. The minimum Gasteiger partial charge on any atom is -0.479 e. The van der Waals surface area contributed by atoms with Crippen molar-refractivity contribution in [1.82, 2.24) is 4.90 Å². The molecule has 1 aliphatic rings. The Morgan fingerprint density at radius 1 is 1.50 bits per heavy atom. The molecule has 0 aromatic rings. The molecule has 4 heteroatoms. The third-order valence-electron chi connectivity index (χ3n) is 3.34. The zero-order valence-corrected chi connectivity index (χ0v) is 10.3. The van der Waals surface area contributed by atoms with Crippen LogP contribution >= 0.6 is 0 Å². The average Bonchev–Trinajstić information content (AvgIpc) is 2.76. The third-order valence-corrected chi connectivity index (χ3v) is 3.34. The van der Waals surface area contributed by atoms with Crippen molar-refractivity contribution in [2.45, 2.75) is 51.2 Å². The van der Waals surface area contributed by atoms with Crippen LogP contribution in [0.5, 0.6) is 0 Å². The predicted octanol–water partition coefficient (Wildman–Crippen LogP) is 1.74. The lowest BCUT2D eigenvalue weighted by Crippen LogP contribution is -2.34. The Kier molecular flexibility index (Phi) is 5.77. The number of carboxylic acid groups (broad SMARTS) is 1. The lowest BCUT2D eigenvalue weighted by atomic mass is 10.2. The number of nitrogens with zero attached hydrogens (tertiary/aromatic N) is 1. The summed E-state index contributed by atoms with van der Waals surface area (Å²) in [4.78, 5) is 13.2. The van der Waals surface area contributed by atoms with Crippen LogP contribution in [-0.4, -0.2) is 48.3 Å². The summed E-state index contributed by atoms with van der Waals surface area (Å²) in [5.74, 6) is -0.846. The Morgan fingerprint density at radius 3 is 2.62 bits per heavy atom. The maximum atomic E-state index is 10.9. The van der Waals surface area contributed by atoms with Gasteiger partial charge in [0, 0.05) is 19.2 Å². The summed E-state index contributed by atoms with van der Waals surface area (Å²) in [5, 5.41) is 8.94. The van der Waals surface area contributed by atoms with Gasteiger partial charge in [-0.1, -0.05) is 12.8 Å². The number of carboxylic acids is 1. The van der Waals surface area contributed by atoms with Gasteiger partial charge in [-0.05, 0) is 33.2 Å². The molecule has 16 heavy (non-hydrogen) atoms. The number of rotatable bonds is 7. The van der Waals surface area contributed by atoms with Crippen molar-refractivity contribution in [3.05, 3.63) is 0 Å². The van der Waals surface area contributed by atoms with E-state index in [1.54, 1.807) is 0 Å². The van der Waals surface area contributed by atoms with Crippen LogP contribution in [0.2, 0.25) is 0 Å². The first-order valence-electron chi connectivity index (χ1n) is 6.19. The average molecular weight is 229 g/mol. The van der Waals surface area contributed by atoms with E-state index in [1.807, 2.05) is 6.92 Å². The smallest absolute Gasteiger partial charge is 0.332 e. The third kappa shape index (κ3) is 4.10. The number of hydrogen-bond donors (Lipinski definition) is 1. The van der Waals surface area contributed by atoms with Gasteiger partial charge in [0.15, 0.2) is 6.10 Å². The molecule has 94 valence electrons. The first-order valence-corrected chi connectivity index (χ1v) is 6.19. The Labute approximate surface area is 97.6 Å². The molecular formula is C12H23NO3. The van der Waals surface area contributed by atoms with E-state index < -0.39 is 12.1 Å². The second-order valence-electron chi connectivity index (χ2n) is 4.49. The second-order valence-corrected chi connectivity index (χ2v) is 4.49. The molecule has 1 rings (SSSR count). The molecule has 0 spiro atoms. The van der Waals surface area contributed by atoms with E-state index in [9.17, 15) is 4.79 Å². The summed E-state index contributed by atoms with van der Waals surface area (Å²) in [7, 11) is 2.08. The maximum Gasteiger partial charge on any atom is 0.332 e. The predicted molar refractivity (Wildman–Crippen MR) is 62.6 cm³/mol. The largest absolute Gasteiger partial charge is 0.479 e. The number of aliphatic carboxylic acids is 1. The number of carbonyl (C=O) groups is 1. The molecule has 0 radical (unpaired) electrons. The Hall–Kier alpha value is -0.610. The van der Waals surface area contributed by atoms with E-state index in [-0.39, 0.29) is 0 Å². The van der Waals surface area contributed by atoms with Gasteiger partial charge >= 0.3 is 5.97 Å². The van der Waals surface area contributed by atoms with Gasteiger partial charge in [0.05, 0.1) is 0 Å². The molecule has 4 nitrogen and oxygen atoms in total. The van der Waals surface area contributed by atoms with Crippen molar-refractivity contribution in [3.8, 4) is 0 Å². The minimum atomic E-state index is -0.846. The monoisotopic (exact) mass is 229 g/mol. The molecule has 0 aromatic heterocycles. The molecule has 0 aliphatic heterocycles. The van der Waals surface area contributed by atoms with Crippen LogP contribution < -0.4 is 0 Å². The lowest BCUT2D eigenvalue weighted by Gasteiger charge is -2.25. The van der Waals surface area contributed by atoms with E-state index in [4.69, 9.17) is 9.84 Å². The van der Waals surface area contributed by atoms with Crippen LogP contribution in [0.15, 0.2) is 0 Å². The second kappa shape index (κ2) is 6.86. The molecule has 1 unspecified atom stereocenters. The molecule has 0 aromatic carbocycles. The highest BCUT2D eigenvalue weighted by Crippen LogP contribution is 2.22. The quantitative estimate of drug-likeness (QED) is 0.722. The van der Waals surface area contributed by atoms with Crippen molar-refractivity contribution >= 4 is 5.97 Å². The highest BCUT2D eigenvalue weighted by Gasteiger charge is 2.22. The molecule has 1 saturated carbocycles. The Morgan fingerprint density at radius 2 is 2.12 bits per heavy atom. The lowest BCUT2D eigenvalue weighted by molar-refractivity contribution is -0.150. The molecule has 0 amide bonds. The van der Waals surface area contributed by atoms with Gasteiger partial charge in [-0.15, -0.1) is 0 Å². The fourth-order valence-electron chi connectivity index (χ4n) is 2.33. The zero-order chi connectivity index (χ0) is 12.0. The van der Waals surface area contributed by atoms with Crippen molar-refractivity contribution in [2.75, 3.05) is 20.2 Å². The molecule has 1 atom stereocenters. The Balaban J connectivity index is 2.27. The van der Waals surface area contributed by atoms with Crippen LogP contribution in [0.1, 0.15) is 39.0 Å². The minimum absolute atomic E-state index is 0.462. The van der Waals surface area contributed by atoms with E-state index in [1.165, 1.54) is 25.7 Å². The molecule has 0 saturated heterocycles. The van der Waals surface area contributed by atoms with Gasteiger partial charge in [-0.3, -0.25) is 0 Å². The van der Waals surface area contributed by atoms with Crippen LogP contribution in [0.4, 0.5) is 0 Å². The van der Waals surface area contributed by atoms with Crippen LogP contribution in [-0.2, 0) is 9.53 Å². The molecule has 1 N–H and O–H groups in total. The summed E-state index contributed by atoms with van der Waals surface area (Å²) < 4.78 is 5.19. The van der Waals surface area contributed by atoms with Crippen molar-refractivity contribution < 1.29 is 14.6 Å². The maximum absolute atomic E-state index is 10.9. The molecule has 1 fully saturated rings. The summed E-state index contributed by atoms with van der Waals surface area (Å²) in [6, 6.07) is 0.649. The van der Waals surface area contributed by atoms with E-state index >= 15 is 0 Å². The van der Waals surface area contributed by atoms with Crippen LogP contribution in [0, 0.1) is 0 Å². The van der Waals surface area contributed by atoms with E-state index in [2.05, 4.69) is 11.9 Å². The Bertz CT molecular complexity index is 214. The van der Waals surface area contributed by atoms with Crippen molar-refractivity contribution in [2.24, 2.45) is 0 Å². The molecule has 0 heterocycles. The summed E-state index contributed by atoms with van der Waals surface area (Å²) in [5.41, 5.74) is 0. The summed E-state index contributed by atoms with van der Waals surface area (Å²) >= 11 is 0. The zero-order valence-electron chi connectivity index (χ0n) is 10.3. The first-order chi connectivity index (χ1) is 7.65. The topological polar surface area (TPSA) is 49.8 Å². The number of ether oxygens (including phenoxy) is 1. The summed E-state index contributed by atoms with van der Waals surface area (Å²) in [6.45, 7) is 3.10. The van der Waals surface area contributed by atoms with Gasteiger partial charge < -0.3 is 14.7 Å². The van der Waals surface area contributed by atoms with Crippen molar-refractivity contribution in [1.29, 1.82) is 0 Å². The highest BCUT2D eigenvalue weighted by atomic mass is 16.5. The normalized spacial score (nSPS) is 19.2. The van der Waals surface area contributed by atoms with E-state index in [0.717, 1.165) is 6.54 Å². The standard InChI is InChI=1S/C12H23NO3/c1-3-16-11(12(14)15)8-9-13(2)10-6-4-5-7-10/h10-11H,3-9H2,1-2H3,(H,14,15). The first kappa shape index (κ1) is 13.5. The summed E-state index contributed by atoms with van der Waals surface area (Å²) in [6.07, 6.45) is 5.06. The van der Waals surface area contributed by atoms with Gasteiger partial charge in [-0.25, -0.2) is 4.79 Å². The molecule has 0 bridgehead atoms. The van der Waals surface area contributed by atoms with Gasteiger partial charge in [0.2, 0.25) is 0 Å². The van der Waals surface area contributed by atoms with E-state index in [0.29, 0.717) is 19.1 Å². The molecule has 1 aliphatic carbocycles. The molecular weight excluding hydrogens is 206 g/mol. The highest BCUT2D eigenvalue weighted by molar-refractivity contribution is 5.72. The SMILES string of the molecule is CCOC(CCN(C)C1CCCC1)C(=O)O. The van der Waals surface area contributed by atoms with Gasteiger partial charge in [0.25, 0.3) is 0 Å². The van der Waals surface area contributed by atoms with Crippen LogP contribution in [0.25, 0.3) is 0 Å². The van der Waals surface area contributed by atoms with Crippen LogP contribution in [0.3, 0.4) is 0 Å². The number of hydrogen-bond acceptors (Lipinski definition) is 3. The van der Waals surface area contributed by atoms with Gasteiger partial charge in [0.1, 0.15) is 0 Å². The fourth-order valence-corrected chi connectivity index (χ4v) is 2.33.